The third-order valence-electron chi connectivity index (χ3n) is 5.22. The highest BCUT2D eigenvalue weighted by Gasteiger charge is 2.16. The van der Waals surface area contributed by atoms with Crippen molar-refractivity contribution in [2.24, 2.45) is 0 Å². The maximum atomic E-state index is 12.6. The van der Waals surface area contributed by atoms with E-state index in [1.807, 2.05) is 42.5 Å². The maximum Gasteiger partial charge on any atom is 0.265 e. The topological polar surface area (TPSA) is 97.1 Å². The van der Waals surface area contributed by atoms with Crippen molar-refractivity contribution in [2.45, 2.75) is 6.54 Å². The number of morpholine rings is 1. The second-order valence-electron chi connectivity index (χ2n) is 7.35. The van der Waals surface area contributed by atoms with E-state index in [0.717, 1.165) is 44.0 Å². The molecule has 8 nitrogen and oxygen atoms in total. The predicted molar refractivity (Wildman–Crippen MR) is 115 cm³/mol. The van der Waals surface area contributed by atoms with Gasteiger partial charge in [0.25, 0.3) is 11.4 Å². The molecule has 156 valence electrons. The highest BCUT2D eigenvalue weighted by Crippen LogP contribution is 2.21. The van der Waals surface area contributed by atoms with Crippen LogP contribution in [0.4, 0.5) is 0 Å². The fourth-order valence-corrected chi connectivity index (χ4v) is 3.52. The first-order valence-electron chi connectivity index (χ1n) is 10.1. The Morgan fingerprint density at radius 2 is 1.74 bits per heavy atom. The van der Waals surface area contributed by atoms with Gasteiger partial charge in [-0.1, -0.05) is 59.8 Å². The summed E-state index contributed by atoms with van der Waals surface area (Å²) in [5.41, 5.74) is 2.78. The normalized spacial score (nSPS) is 14.6. The van der Waals surface area contributed by atoms with E-state index in [-0.39, 0.29) is 17.0 Å². The van der Waals surface area contributed by atoms with Gasteiger partial charge in [-0.2, -0.15) is 4.98 Å². The fourth-order valence-electron chi connectivity index (χ4n) is 3.52. The van der Waals surface area contributed by atoms with Gasteiger partial charge in [0.1, 0.15) is 11.4 Å². The Balaban J connectivity index is 1.33. The number of aromatic amines is 1. The van der Waals surface area contributed by atoms with Crippen LogP contribution in [0.15, 0.2) is 70.1 Å². The molecule has 1 N–H and O–H groups in total. The molecule has 4 aromatic rings. The number of nitrogens with one attached hydrogen (secondary N) is 1. The second-order valence-corrected chi connectivity index (χ2v) is 7.35. The lowest BCUT2D eigenvalue weighted by Gasteiger charge is -2.26. The molecule has 3 heterocycles. The zero-order chi connectivity index (χ0) is 21.0. The Hall–Kier alpha value is -3.62. The summed E-state index contributed by atoms with van der Waals surface area (Å²) in [6, 6.07) is 17.5. The van der Waals surface area contributed by atoms with Gasteiger partial charge in [-0.25, -0.2) is 4.98 Å². The van der Waals surface area contributed by atoms with Crippen molar-refractivity contribution in [3.05, 3.63) is 76.7 Å². The lowest BCUT2D eigenvalue weighted by Crippen LogP contribution is -2.35. The Morgan fingerprint density at radius 3 is 2.48 bits per heavy atom. The van der Waals surface area contributed by atoms with Crippen LogP contribution >= 0.6 is 0 Å². The summed E-state index contributed by atoms with van der Waals surface area (Å²) >= 11 is 0. The minimum Gasteiger partial charge on any atom is -0.379 e. The number of hydrogen-bond donors (Lipinski definition) is 1. The molecule has 2 aromatic carbocycles. The largest absolute Gasteiger partial charge is 0.379 e. The molecular formula is C23H21N5O3. The number of rotatable bonds is 5. The summed E-state index contributed by atoms with van der Waals surface area (Å²) in [5, 5.41) is 4.04. The molecule has 1 saturated heterocycles. The number of H-pyrrole nitrogens is 1. The molecule has 1 fully saturated rings. The Labute approximate surface area is 178 Å². The number of aromatic nitrogens is 4. The first kappa shape index (κ1) is 19.3. The molecule has 2 aromatic heterocycles. The van der Waals surface area contributed by atoms with Gasteiger partial charge >= 0.3 is 0 Å². The van der Waals surface area contributed by atoms with Crippen LogP contribution in [0.5, 0.6) is 0 Å². The van der Waals surface area contributed by atoms with Crippen molar-refractivity contribution in [3.8, 4) is 34.2 Å². The third kappa shape index (κ3) is 4.30. The molecule has 0 spiro atoms. The highest BCUT2D eigenvalue weighted by atomic mass is 16.5. The van der Waals surface area contributed by atoms with E-state index in [2.05, 4.69) is 37.1 Å². The minimum atomic E-state index is -0.329. The molecule has 31 heavy (non-hydrogen) atoms. The summed E-state index contributed by atoms with van der Waals surface area (Å²) in [6.07, 6.45) is 1.46. The quantitative estimate of drug-likeness (QED) is 0.535. The fraction of sp³-hybridized carbons (Fsp3) is 0.217. The average Bonchev–Trinajstić information content (AvgIpc) is 3.31. The molecule has 0 aliphatic carbocycles. The van der Waals surface area contributed by atoms with Gasteiger partial charge in [-0.05, 0) is 5.56 Å². The maximum absolute atomic E-state index is 12.6. The van der Waals surface area contributed by atoms with E-state index in [1.54, 1.807) is 0 Å². The van der Waals surface area contributed by atoms with Crippen molar-refractivity contribution in [1.29, 1.82) is 0 Å². The second kappa shape index (κ2) is 8.63. The number of hydrogen-bond acceptors (Lipinski definition) is 7. The highest BCUT2D eigenvalue weighted by molar-refractivity contribution is 5.61. The van der Waals surface area contributed by atoms with Gasteiger partial charge in [0.2, 0.25) is 5.82 Å². The van der Waals surface area contributed by atoms with Crippen LogP contribution in [-0.4, -0.2) is 51.3 Å². The molecule has 8 heteroatoms. The lowest BCUT2D eigenvalue weighted by atomic mass is 10.1. The van der Waals surface area contributed by atoms with Crippen molar-refractivity contribution in [2.75, 3.05) is 26.3 Å². The van der Waals surface area contributed by atoms with Gasteiger partial charge in [-0.3, -0.25) is 9.69 Å². The zero-order valence-electron chi connectivity index (χ0n) is 16.8. The molecule has 5 rings (SSSR count). The van der Waals surface area contributed by atoms with Crippen LogP contribution in [0.3, 0.4) is 0 Å². The van der Waals surface area contributed by atoms with Crippen LogP contribution in [0.2, 0.25) is 0 Å². The molecule has 0 bridgehead atoms. The molecule has 1 aliphatic heterocycles. The summed E-state index contributed by atoms with van der Waals surface area (Å²) in [5.74, 6) is 1.06. The Morgan fingerprint density at radius 1 is 0.968 bits per heavy atom. The SMILES string of the molecule is O=c1[nH]c(-c2ccccc2)ncc1-c1nc(-c2ccc(CN3CCOCC3)cc2)no1. The number of ether oxygens (including phenoxy) is 1. The molecule has 0 unspecified atom stereocenters. The van der Waals surface area contributed by atoms with Crippen molar-refractivity contribution in [3.63, 3.8) is 0 Å². The minimum absolute atomic E-state index is 0.140. The standard InChI is InChI=1S/C23H21N5O3/c29-22-19(14-24-20(25-22)17-4-2-1-3-5-17)23-26-21(27-31-23)18-8-6-16(7-9-18)15-28-10-12-30-13-11-28/h1-9,14H,10-13,15H2,(H,24,25,29). The molecule has 0 amide bonds. The average molecular weight is 415 g/mol. The molecule has 0 atom stereocenters. The van der Waals surface area contributed by atoms with E-state index in [0.29, 0.717) is 11.6 Å². The Kier molecular flexibility index (Phi) is 5.39. The van der Waals surface area contributed by atoms with Gasteiger partial charge in [0.15, 0.2) is 0 Å². The third-order valence-corrected chi connectivity index (χ3v) is 5.22. The summed E-state index contributed by atoms with van der Waals surface area (Å²) in [7, 11) is 0. The molecule has 1 aliphatic rings. The monoisotopic (exact) mass is 415 g/mol. The lowest BCUT2D eigenvalue weighted by molar-refractivity contribution is 0.0342. The first-order valence-corrected chi connectivity index (χ1v) is 10.1. The van der Waals surface area contributed by atoms with E-state index in [1.165, 1.54) is 11.8 Å². The predicted octanol–water partition coefficient (Wildman–Crippen LogP) is 2.99. The van der Waals surface area contributed by atoms with Crippen molar-refractivity contribution in [1.82, 2.24) is 25.0 Å². The van der Waals surface area contributed by atoms with Gasteiger partial charge < -0.3 is 14.2 Å². The summed E-state index contributed by atoms with van der Waals surface area (Å²) in [4.78, 5) is 26.4. The van der Waals surface area contributed by atoms with E-state index in [9.17, 15) is 4.79 Å². The first-order chi connectivity index (χ1) is 15.3. The van der Waals surface area contributed by atoms with Gasteiger partial charge in [0, 0.05) is 37.0 Å². The van der Waals surface area contributed by atoms with E-state index >= 15 is 0 Å². The smallest absolute Gasteiger partial charge is 0.265 e. The Bertz CT molecular complexity index is 1210. The van der Waals surface area contributed by atoms with E-state index in [4.69, 9.17) is 9.26 Å². The van der Waals surface area contributed by atoms with Gasteiger partial charge in [-0.15, -0.1) is 0 Å². The molecular weight excluding hydrogens is 394 g/mol. The molecule has 0 radical (unpaired) electrons. The van der Waals surface area contributed by atoms with E-state index < -0.39 is 0 Å². The zero-order valence-corrected chi connectivity index (χ0v) is 16.8. The van der Waals surface area contributed by atoms with Crippen molar-refractivity contribution < 1.29 is 9.26 Å². The van der Waals surface area contributed by atoms with Crippen LogP contribution < -0.4 is 5.56 Å². The van der Waals surface area contributed by atoms with Crippen molar-refractivity contribution >= 4 is 0 Å². The summed E-state index contributed by atoms with van der Waals surface area (Å²) in [6.45, 7) is 4.34. The number of benzene rings is 2. The van der Waals surface area contributed by atoms with Gasteiger partial charge in [0.05, 0.1) is 13.2 Å². The number of nitrogens with zero attached hydrogens (tertiary/aromatic N) is 4. The van der Waals surface area contributed by atoms with Crippen LogP contribution in [0.25, 0.3) is 34.2 Å². The van der Waals surface area contributed by atoms with Crippen LogP contribution in [0, 0.1) is 0 Å². The van der Waals surface area contributed by atoms with Crippen LogP contribution in [-0.2, 0) is 11.3 Å². The summed E-state index contributed by atoms with van der Waals surface area (Å²) < 4.78 is 10.7. The molecule has 0 saturated carbocycles. The van der Waals surface area contributed by atoms with Crippen LogP contribution in [0.1, 0.15) is 5.56 Å².